The summed E-state index contributed by atoms with van der Waals surface area (Å²) in [6.45, 7) is 0. The number of anilines is 3. The summed E-state index contributed by atoms with van der Waals surface area (Å²) >= 11 is 0. The molecule has 4 aromatic rings. The molecule has 4 rings (SSSR count). The van der Waals surface area contributed by atoms with E-state index in [4.69, 9.17) is 9.47 Å². The van der Waals surface area contributed by atoms with Crippen LogP contribution in [-0.4, -0.2) is 31.1 Å². The van der Waals surface area contributed by atoms with E-state index >= 15 is 0 Å². The van der Waals surface area contributed by atoms with E-state index in [0.717, 1.165) is 27.8 Å². The molecule has 0 fully saturated rings. The number of amides is 3. The lowest BCUT2D eigenvalue weighted by Crippen LogP contribution is -2.35. The number of ether oxygens (including phenoxy) is 2. The average Bonchev–Trinajstić information content (AvgIpc) is 2.85. The molecule has 0 unspecified atom stereocenters. The summed E-state index contributed by atoms with van der Waals surface area (Å²) in [6, 6.07) is 21.4. The molecular formula is C26H24N4O4. The number of nitrogens with one attached hydrogen (secondary N) is 3. The zero-order valence-electron chi connectivity index (χ0n) is 18.8. The van der Waals surface area contributed by atoms with Crippen LogP contribution in [0.1, 0.15) is 5.56 Å². The van der Waals surface area contributed by atoms with E-state index in [1.54, 1.807) is 32.5 Å². The standard InChI is InChI=1S/C26H24N4O4/c1-33-23-15-20-21(12-13-27-22(20)16-24(23)34-2)28-18-8-10-19(11-9-18)29-26(32)30-25(31)14-17-6-4-3-5-7-17/h3-13,15-16H,14H2,1-2H3,(H,27,28)(H2,29,30,31,32). The number of rotatable bonds is 7. The monoisotopic (exact) mass is 456 g/mol. The largest absolute Gasteiger partial charge is 0.493 e. The number of urea groups is 1. The number of nitrogens with zero attached hydrogens (tertiary/aromatic N) is 1. The molecule has 0 spiro atoms. The van der Waals surface area contributed by atoms with Crippen molar-refractivity contribution in [3.8, 4) is 11.5 Å². The van der Waals surface area contributed by atoms with Crippen molar-refractivity contribution in [3.05, 3.63) is 84.6 Å². The number of carbonyl (C=O) groups is 2. The van der Waals surface area contributed by atoms with Gasteiger partial charge in [-0.05, 0) is 42.0 Å². The van der Waals surface area contributed by atoms with Crippen molar-refractivity contribution in [2.24, 2.45) is 0 Å². The normalized spacial score (nSPS) is 10.4. The molecule has 3 amide bonds. The van der Waals surface area contributed by atoms with Gasteiger partial charge < -0.3 is 20.1 Å². The highest BCUT2D eigenvalue weighted by atomic mass is 16.5. The first-order valence-corrected chi connectivity index (χ1v) is 10.6. The van der Waals surface area contributed by atoms with Crippen molar-refractivity contribution in [2.45, 2.75) is 6.42 Å². The predicted molar refractivity (Wildman–Crippen MR) is 132 cm³/mol. The third-order valence-electron chi connectivity index (χ3n) is 5.13. The minimum absolute atomic E-state index is 0.133. The van der Waals surface area contributed by atoms with Gasteiger partial charge in [-0.2, -0.15) is 0 Å². The molecule has 0 saturated carbocycles. The molecule has 34 heavy (non-hydrogen) atoms. The minimum atomic E-state index is -0.581. The van der Waals surface area contributed by atoms with Crippen molar-refractivity contribution in [1.82, 2.24) is 10.3 Å². The number of hydrogen-bond donors (Lipinski definition) is 3. The highest BCUT2D eigenvalue weighted by molar-refractivity contribution is 6.02. The van der Waals surface area contributed by atoms with Gasteiger partial charge in [0.2, 0.25) is 5.91 Å². The fraction of sp³-hybridized carbons (Fsp3) is 0.115. The number of hydrogen-bond acceptors (Lipinski definition) is 6. The Bertz CT molecular complexity index is 1310. The first-order chi connectivity index (χ1) is 16.6. The molecule has 0 aliphatic carbocycles. The Hall–Kier alpha value is -4.59. The van der Waals surface area contributed by atoms with Gasteiger partial charge in [0, 0.05) is 34.7 Å². The number of aromatic nitrogens is 1. The van der Waals surface area contributed by atoms with Crippen LogP contribution in [0.4, 0.5) is 21.9 Å². The van der Waals surface area contributed by atoms with Crippen LogP contribution in [0.3, 0.4) is 0 Å². The summed E-state index contributed by atoms with van der Waals surface area (Å²) in [5.41, 5.74) is 3.81. The second-order valence-electron chi connectivity index (χ2n) is 7.45. The van der Waals surface area contributed by atoms with Crippen LogP contribution in [0.2, 0.25) is 0 Å². The lowest BCUT2D eigenvalue weighted by Gasteiger charge is -2.13. The Balaban J connectivity index is 1.40. The summed E-state index contributed by atoms with van der Waals surface area (Å²) in [7, 11) is 3.17. The van der Waals surface area contributed by atoms with Crippen LogP contribution < -0.4 is 25.4 Å². The molecule has 0 aliphatic rings. The molecule has 8 nitrogen and oxygen atoms in total. The second kappa shape index (κ2) is 10.4. The van der Waals surface area contributed by atoms with Crippen LogP contribution in [-0.2, 0) is 11.2 Å². The number of carbonyl (C=O) groups excluding carboxylic acids is 2. The minimum Gasteiger partial charge on any atom is -0.493 e. The Morgan fingerprint density at radius 2 is 1.53 bits per heavy atom. The van der Waals surface area contributed by atoms with Crippen molar-refractivity contribution in [3.63, 3.8) is 0 Å². The van der Waals surface area contributed by atoms with E-state index in [-0.39, 0.29) is 12.3 Å². The maximum atomic E-state index is 12.2. The number of methoxy groups -OCH3 is 2. The Labute approximate surface area is 196 Å². The maximum absolute atomic E-state index is 12.2. The molecule has 0 bridgehead atoms. The number of imide groups is 1. The summed E-state index contributed by atoms with van der Waals surface area (Å²) < 4.78 is 10.8. The van der Waals surface area contributed by atoms with Crippen molar-refractivity contribution >= 4 is 39.9 Å². The first kappa shape index (κ1) is 22.6. The molecule has 0 atom stereocenters. The number of benzene rings is 3. The number of fused-ring (bicyclic) bond motifs is 1. The van der Waals surface area contributed by atoms with Crippen molar-refractivity contribution in [1.29, 1.82) is 0 Å². The Kier molecular flexibility index (Phi) is 6.88. The van der Waals surface area contributed by atoms with Gasteiger partial charge in [0.15, 0.2) is 11.5 Å². The molecular weight excluding hydrogens is 432 g/mol. The molecule has 8 heteroatoms. The number of pyridine rings is 1. The third kappa shape index (κ3) is 5.42. The molecule has 1 aromatic heterocycles. The topological polar surface area (TPSA) is 102 Å². The molecule has 3 aromatic carbocycles. The van der Waals surface area contributed by atoms with E-state index < -0.39 is 6.03 Å². The lowest BCUT2D eigenvalue weighted by molar-refractivity contribution is -0.119. The van der Waals surface area contributed by atoms with E-state index in [9.17, 15) is 9.59 Å². The second-order valence-corrected chi connectivity index (χ2v) is 7.45. The highest BCUT2D eigenvalue weighted by Gasteiger charge is 2.11. The van der Waals surface area contributed by atoms with Crippen molar-refractivity contribution in [2.75, 3.05) is 24.9 Å². The van der Waals surface area contributed by atoms with Crippen LogP contribution in [0.5, 0.6) is 11.5 Å². The van der Waals surface area contributed by atoms with Gasteiger partial charge in [-0.1, -0.05) is 30.3 Å². The van der Waals surface area contributed by atoms with Crippen LogP contribution in [0.25, 0.3) is 10.9 Å². The smallest absolute Gasteiger partial charge is 0.325 e. The van der Waals surface area contributed by atoms with Gasteiger partial charge >= 0.3 is 6.03 Å². The third-order valence-corrected chi connectivity index (χ3v) is 5.13. The molecule has 172 valence electrons. The molecule has 0 radical (unpaired) electrons. The van der Waals surface area contributed by atoms with Gasteiger partial charge in [0.05, 0.1) is 26.2 Å². The molecule has 0 saturated heterocycles. The van der Waals surface area contributed by atoms with Crippen LogP contribution in [0.15, 0.2) is 79.0 Å². The summed E-state index contributed by atoms with van der Waals surface area (Å²) in [6.07, 6.45) is 1.84. The summed E-state index contributed by atoms with van der Waals surface area (Å²) in [4.78, 5) is 28.6. The van der Waals surface area contributed by atoms with Crippen molar-refractivity contribution < 1.29 is 19.1 Å². The average molecular weight is 457 g/mol. The summed E-state index contributed by atoms with van der Waals surface area (Å²) in [5, 5.41) is 9.24. The zero-order chi connectivity index (χ0) is 23.9. The fourth-order valence-electron chi connectivity index (χ4n) is 3.49. The Morgan fingerprint density at radius 3 is 2.24 bits per heavy atom. The van der Waals surface area contributed by atoms with Gasteiger partial charge in [-0.3, -0.25) is 15.1 Å². The van der Waals surface area contributed by atoms with Gasteiger partial charge in [0.25, 0.3) is 0 Å². The fourth-order valence-corrected chi connectivity index (χ4v) is 3.49. The molecule has 1 heterocycles. The predicted octanol–water partition coefficient (Wildman–Crippen LogP) is 4.89. The van der Waals surface area contributed by atoms with Gasteiger partial charge in [0.1, 0.15) is 0 Å². The molecule has 3 N–H and O–H groups in total. The van der Waals surface area contributed by atoms with Gasteiger partial charge in [-0.15, -0.1) is 0 Å². The zero-order valence-corrected chi connectivity index (χ0v) is 18.8. The van der Waals surface area contributed by atoms with E-state index in [1.165, 1.54) is 0 Å². The molecule has 0 aliphatic heterocycles. The SMILES string of the molecule is COc1cc2nccc(Nc3ccc(NC(=O)NC(=O)Cc4ccccc4)cc3)c2cc1OC. The van der Waals surface area contributed by atoms with E-state index in [1.807, 2.05) is 60.7 Å². The quantitative estimate of drug-likeness (QED) is 0.366. The van der Waals surface area contributed by atoms with E-state index in [0.29, 0.717) is 17.2 Å². The van der Waals surface area contributed by atoms with Crippen LogP contribution >= 0.6 is 0 Å². The van der Waals surface area contributed by atoms with E-state index in [2.05, 4.69) is 20.9 Å². The first-order valence-electron chi connectivity index (χ1n) is 10.6. The Morgan fingerprint density at radius 1 is 0.853 bits per heavy atom. The van der Waals surface area contributed by atoms with Gasteiger partial charge in [-0.25, -0.2) is 4.79 Å². The summed E-state index contributed by atoms with van der Waals surface area (Å²) in [5.74, 6) is 0.840. The lowest BCUT2D eigenvalue weighted by atomic mass is 10.1. The highest BCUT2D eigenvalue weighted by Crippen LogP contribution is 2.35. The van der Waals surface area contributed by atoms with Crippen LogP contribution in [0, 0.1) is 0 Å². The maximum Gasteiger partial charge on any atom is 0.325 e.